The molecule has 0 heterocycles. The Morgan fingerprint density at radius 1 is 1.04 bits per heavy atom. The number of methoxy groups -OCH3 is 1. The highest BCUT2D eigenvalue weighted by molar-refractivity contribution is 5.91. The molecule has 0 aliphatic rings. The van der Waals surface area contributed by atoms with E-state index >= 15 is 0 Å². The van der Waals surface area contributed by atoms with Gasteiger partial charge in [-0.3, -0.25) is 9.59 Å². The Kier molecular flexibility index (Phi) is 8.29. The molecule has 1 unspecified atom stereocenters. The molecule has 0 aliphatic heterocycles. The van der Waals surface area contributed by atoms with E-state index in [0.717, 1.165) is 5.69 Å². The zero-order valence-electron chi connectivity index (χ0n) is 16.3. The van der Waals surface area contributed by atoms with Gasteiger partial charge in [0.1, 0.15) is 6.04 Å². The molecule has 6 nitrogen and oxygen atoms in total. The van der Waals surface area contributed by atoms with Crippen LogP contribution in [0.4, 0.5) is 5.69 Å². The Labute approximate surface area is 155 Å². The molecule has 0 aliphatic carbocycles. The van der Waals surface area contributed by atoms with Crippen molar-refractivity contribution in [2.45, 2.75) is 53.0 Å². The highest BCUT2D eigenvalue weighted by Gasteiger charge is 2.28. The molecule has 0 spiro atoms. The van der Waals surface area contributed by atoms with Crippen LogP contribution in [0.5, 0.6) is 0 Å². The van der Waals surface area contributed by atoms with Crippen LogP contribution in [0.2, 0.25) is 0 Å². The van der Waals surface area contributed by atoms with Gasteiger partial charge in [-0.15, -0.1) is 0 Å². The lowest BCUT2D eigenvalue weighted by Crippen LogP contribution is -2.43. The molecule has 0 aromatic heterocycles. The van der Waals surface area contributed by atoms with Gasteiger partial charge < -0.3 is 15.4 Å². The van der Waals surface area contributed by atoms with E-state index in [1.165, 1.54) is 7.11 Å². The van der Waals surface area contributed by atoms with Gasteiger partial charge in [0.15, 0.2) is 0 Å². The first-order chi connectivity index (χ1) is 12.1. The molecule has 0 saturated heterocycles. The first kappa shape index (κ1) is 21.7. The van der Waals surface area contributed by atoms with E-state index < -0.39 is 17.4 Å². The van der Waals surface area contributed by atoms with Crippen molar-refractivity contribution in [1.29, 1.82) is 0 Å². The summed E-state index contributed by atoms with van der Waals surface area (Å²) in [6, 6.07) is 8.51. The van der Waals surface area contributed by atoms with Crippen molar-refractivity contribution in [2.24, 2.45) is 11.3 Å². The van der Waals surface area contributed by atoms with Crippen molar-refractivity contribution < 1.29 is 19.1 Å². The quantitative estimate of drug-likeness (QED) is 0.661. The molecular weight excluding hydrogens is 332 g/mol. The summed E-state index contributed by atoms with van der Waals surface area (Å²) in [4.78, 5) is 36.4. The number of hydrogen-bond donors (Lipinski definition) is 2. The number of benzene rings is 1. The lowest BCUT2D eigenvalue weighted by atomic mass is 9.84. The van der Waals surface area contributed by atoms with Gasteiger partial charge in [0.05, 0.1) is 7.11 Å². The van der Waals surface area contributed by atoms with E-state index in [1.807, 2.05) is 58.0 Å². The summed E-state index contributed by atoms with van der Waals surface area (Å²) in [6.45, 7) is 7.65. The molecule has 26 heavy (non-hydrogen) atoms. The predicted molar refractivity (Wildman–Crippen MR) is 101 cm³/mol. The van der Waals surface area contributed by atoms with E-state index in [4.69, 9.17) is 4.74 Å². The number of ether oxygens (including phenoxy) is 1. The molecule has 1 aromatic carbocycles. The maximum absolute atomic E-state index is 12.4. The Morgan fingerprint density at radius 2 is 1.62 bits per heavy atom. The van der Waals surface area contributed by atoms with Crippen LogP contribution in [-0.4, -0.2) is 30.9 Å². The Hall–Kier alpha value is -2.37. The van der Waals surface area contributed by atoms with E-state index in [9.17, 15) is 14.4 Å². The highest BCUT2D eigenvalue weighted by atomic mass is 16.5. The van der Waals surface area contributed by atoms with Gasteiger partial charge in [0, 0.05) is 18.5 Å². The summed E-state index contributed by atoms with van der Waals surface area (Å²) in [5, 5.41) is 5.55. The minimum absolute atomic E-state index is 0.140. The van der Waals surface area contributed by atoms with Crippen LogP contribution < -0.4 is 10.6 Å². The number of esters is 1. The summed E-state index contributed by atoms with van der Waals surface area (Å²) in [5.41, 5.74) is 0.182. The molecule has 0 bridgehead atoms. The first-order valence-electron chi connectivity index (χ1n) is 8.85. The number of amides is 2. The van der Waals surface area contributed by atoms with Crippen molar-refractivity contribution >= 4 is 23.5 Å². The van der Waals surface area contributed by atoms with Crippen molar-refractivity contribution in [3.63, 3.8) is 0 Å². The van der Waals surface area contributed by atoms with Crippen molar-refractivity contribution in [3.8, 4) is 0 Å². The second-order valence-electron chi connectivity index (χ2n) is 7.70. The number of carbonyl (C=O) groups is 3. The highest BCUT2D eigenvalue weighted by Crippen LogP contribution is 2.26. The van der Waals surface area contributed by atoms with Gasteiger partial charge in [0.25, 0.3) is 0 Å². The molecule has 0 saturated carbocycles. The van der Waals surface area contributed by atoms with Gasteiger partial charge in [-0.05, 0) is 29.9 Å². The first-order valence-corrected chi connectivity index (χ1v) is 8.85. The van der Waals surface area contributed by atoms with Gasteiger partial charge >= 0.3 is 5.97 Å². The molecular formula is C20H30N2O4. The van der Waals surface area contributed by atoms with Crippen LogP contribution in [0.3, 0.4) is 0 Å². The van der Waals surface area contributed by atoms with Crippen LogP contribution in [0.25, 0.3) is 0 Å². The number of anilines is 1. The standard InChI is InChI=1S/C20H30N2O4/c1-14(2)11-16(19(25)26-5)22-18(24)13-20(3,4)12-17(23)21-15-9-7-6-8-10-15/h6-10,14,16H,11-13H2,1-5H3,(H,21,23)(H,22,24). The molecule has 0 radical (unpaired) electrons. The smallest absolute Gasteiger partial charge is 0.328 e. The molecule has 0 fully saturated rings. The normalized spacial score (nSPS) is 12.4. The second kappa shape index (κ2) is 9.94. The maximum Gasteiger partial charge on any atom is 0.328 e. The largest absolute Gasteiger partial charge is 0.467 e. The number of hydrogen-bond acceptors (Lipinski definition) is 4. The number of para-hydroxylation sites is 1. The average molecular weight is 362 g/mol. The summed E-state index contributed by atoms with van der Waals surface area (Å²) in [6.07, 6.45) is 0.844. The Bertz CT molecular complexity index is 611. The number of nitrogens with one attached hydrogen (secondary N) is 2. The minimum atomic E-state index is -0.665. The van der Waals surface area contributed by atoms with Crippen LogP contribution in [0.15, 0.2) is 30.3 Å². The summed E-state index contributed by atoms with van der Waals surface area (Å²) < 4.78 is 4.76. The Balaban J connectivity index is 2.59. The third-order valence-corrected chi connectivity index (χ3v) is 3.86. The molecule has 1 aromatic rings. The third kappa shape index (κ3) is 8.14. The molecule has 2 N–H and O–H groups in total. The topological polar surface area (TPSA) is 84.5 Å². The van der Waals surface area contributed by atoms with Gasteiger partial charge in [-0.2, -0.15) is 0 Å². The molecule has 144 valence electrons. The van der Waals surface area contributed by atoms with Gasteiger partial charge in [-0.1, -0.05) is 45.9 Å². The predicted octanol–water partition coefficient (Wildman–Crippen LogP) is 3.14. The van der Waals surface area contributed by atoms with E-state index in [-0.39, 0.29) is 30.6 Å². The van der Waals surface area contributed by atoms with Crippen LogP contribution >= 0.6 is 0 Å². The maximum atomic E-state index is 12.4. The fourth-order valence-electron chi connectivity index (χ4n) is 2.73. The van der Waals surface area contributed by atoms with Crippen LogP contribution in [-0.2, 0) is 19.1 Å². The monoisotopic (exact) mass is 362 g/mol. The average Bonchev–Trinajstić information content (AvgIpc) is 2.52. The number of carbonyl (C=O) groups excluding carboxylic acids is 3. The molecule has 6 heteroatoms. The summed E-state index contributed by atoms with van der Waals surface area (Å²) in [7, 11) is 1.31. The molecule has 1 rings (SSSR count). The van der Waals surface area contributed by atoms with Crippen molar-refractivity contribution in [3.05, 3.63) is 30.3 Å². The molecule has 2 amide bonds. The van der Waals surface area contributed by atoms with Crippen molar-refractivity contribution in [1.82, 2.24) is 5.32 Å². The number of rotatable bonds is 9. The van der Waals surface area contributed by atoms with Gasteiger partial charge in [0.2, 0.25) is 11.8 Å². The molecule has 1 atom stereocenters. The summed E-state index contributed by atoms with van der Waals surface area (Å²) in [5.74, 6) is -0.630. The van der Waals surface area contributed by atoms with Gasteiger partial charge in [-0.25, -0.2) is 4.79 Å². The summed E-state index contributed by atoms with van der Waals surface area (Å²) >= 11 is 0. The van der Waals surface area contributed by atoms with Crippen molar-refractivity contribution in [2.75, 3.05) is 12.4 Å². The van der Waals surface area contributed by atoms with E-state index in [0.29, 0.717) is 6.42 Å². The fraction of sp³-hybridized carbons (Fsp3) is 0.550. The van der Waals surface area contributed by atoms with Crippen LogP contribution in [0, 0.1) is 11.3 Å². The van der Waals surface area contributed by atoms with E-state index in [2.05, 4.69) is 10.6 Å². The SMILES string of the molecule is COC(=O)C(CC(C)C)NC(=O)CC(C)(C)CC(=O)Nc1ccccc1. The zero-order chi connectivity index (χ0) is 19.7. The zero-order valence-corrected chi connectivity index (χ0v) is 16.3. The fourth-order valence-corrected chi connectivity index (χ4v) is 2.73. The lowest BCUT2D eigenvalue weighted by Gasteiger charge is -2.25. The van der Waals surface area contributed by atoms with Crippen LogP contribution in [0.1, 0.15) is 47.0 Å². The minimum Gasteiger partial charge on any atom is -0.467 e. The van der Waals surface area contributed by atoms with E-state index in [1.54, 1.807) is 0 Å². The Morgan fingerprint density at radius 3 is 2.15 bits per heavy atom. The third-order valence-electron chi connectivity index (χ3n) is 3.86. The lowest BCUT2D eigenvalue weighted by molar-refractivity contribution is -0.145. The second-order valence-corrected chi connectivity index (χ2v) is 7.70.